The molecular weight excluding hydrogens is 1550 g/mol. The highest BCUT2D eigenvalue weighted by atomic mass is 79.9. The van der Waals surface area contributed by atoms with E-state index in [0.29, 0.717) is 5.46 Å². The fourth-order valence-corrected chi connectivity index (χ4v) is 19.6. The van der Waals surface area contributed by atoms with E-state index in [2.05, 4.69) is 395 Å². The van der Waals surface area contributed by atoms with Gasteiger partial charge in [-0.3, -0.25) is 0 Å². The molecule has 0 saturated carbocycles. The highest BCUT2D eigenvalue weighted by Gasteiger charge is 2.24. The van der Waals surface area contributed by atoms with Crippen molar-refractivity contribution in [3.8, 4) is 45.3 Å². The minimum Gasteiger partial charge on any atom is -0.456 e. The first-order valence-corrected chi connectivity index (χ1v) is 41.2. The summed E-state index contributed by atoms with van der Waals surface area (Å²) >= 11 is 3.58. The maximum absolute atomic E-state index is 10.3. The van der Waals surface area contributed by atoms with Crippen molar-refractivity contribution >= 4 is 203 Å². The van der Waals surface area contributed by atoms with E-state index in [-0.39, 0.29) is 7.43 Å². The van der Waals surface area contributed by atoms with Crippen LogP contribution >= 0.6 is 15.9 Å². The second-order valence-corrected chi connectivity index (χ2v) is 31.9. The molecule has 0 aliphatic carbocycles. The van der Waals surface area contributed by atoms with Gasteiger partial charge in [-0.15, -0.1) is 0 Å². The molecule has 0 spiro atoms. The van der Waals surface area contributed by atoms with Crippen LogP contribution in [0.5, 0.6) is 0 Å². The van der Waals surface area contributed by atoms with E-state index in [1.807, 2.05) is 48.5 Å². The first-order chi connectivity index (χ1) is 59.3. The van der Waals surface area contributed by atoms with Crippen molar-refractivity contribution in [3.63, 3.8) is 0 Å². The van der Waals surface area contributed by atoms with Gasteiger partial charge < -0.3 is 46.3 Å². The van der Waals surface area contributed by atoms with Crippen LogP contribution in [0.1, 0.15) is 7.43 Å². The van der Waals surface area contributed by atoms with Crippen LogP contribution in [0.4, 0.5) is 0 Å². The Kier molecular flexibility index (Phi) is 16.6. The summed E-state index contributed by atoms with van der Waals surface area (Å²) in [5.74, 6) is 0. The molecule has 26 rings (SSSR count). The molecule has 0 unspecified atom stereocenters. The average Bonchev–Trinajstić information content (AvgIpc) is 1.59. The van der Waals surface area contributed by atoms with Gasteiger partial charge in [-0.05, 0) is 193 Å². The molecule has 10 nitrogen and oxygen atoms in total. The van der Waals surface area contributed by atoms with Gasteiger partial charge in [0.05, 0.1) is 66.2 Å². The largest absolute Gasteiger partial charge is 0.488 e. The third-order valence-corrected chi connectivity index (χ3v) is 24.8. The van der Waals surface area contributed by atoms with E-state index >= 15 is 0 Å². The normalized spacial score (nSPS) is 11.9. The zero-order valence-corrected chi connectivity index (χ0v) is 66.0. The van der Waals surface area contributed by atoms with Gasteiger partial charge >= 0.3 is 7.12 Å². The van der Waals surface area contributed by atoms with E-state index in [1.165, 1.54) is 87.2 Å². The fraction of sp³-hybridized carbons (Fsp3) is 0.00917. The zero-order chi connectivity index (χ0) is 79.4. The van der Waals surface area contributed by atoms with Crippen molar-refractivity contribution in [2.24, 2.45) is 0 Å². The summed E-state index contributed by atoms with van der Waals surface area (Å²) in [6.45, 7) is 0. The average molecular weight is 1620 g/mol. The van der Waals surface area contributed by atoms with Gasteiger partial charge in [-0.1, -0.05) is 248 Å². The number of benzene rings is 18. The highest BCUT2D eigenvalue weighted by molar-refractivity contribution is 9.10. The van der Waals surface area contributed by atoms with Crippen LogP contribution in [0, 0.1) is 0 Å². The van der Waals surface area contributed by atoms with Crippen molar-refractivity contribution in [3.05, 3.63) is 405 Å². The summed E-state index contributed by atoms with van der Waals surface area (Å²) in [5, 5.41) is 39.6. The predicted molar refractivity (Wildman–Crippen MR) is 510 cm³/mol. The number of nitrogens with zero attached hydrogens (tertiary/aromatic N) is 6. The SMILES string of the molecule is Brc1ccc2oc3ccc(-n4c5ccccc5c5ccccc54)cc3c2c1.C.OB(O)c1cc(-n2c3ccccc3c3ccccc32)cc(-n2c3ccccc3c3ccccc32)c1.c1ccc2c(c1)c1ccccc1n2-c1cc(-c2ccc3oc4ccc(-n5c6ccccc6c6ccccc65)cc4c3c2)cc(-n2c3ccccc3c3ccccc32)c1. The Hall–Kier alpha value is -15.2. The molecule has 0 fully saturated rings. The van der Waals surface area contributed by atoms with Crippen molar-refractivity contribution < 1.29 is 18.9 Å². The van der Waals surface area contributed by atoms with Gasteiger partial charge in [-0.25, -0.2) is 0 Å². The lowest BCUT2D eigenvalue weighted by Crippen LogP contribution is -2.30. The maximum Gasteiger partial charge on any atom is 0.488 e. The molecule has 2 N–H and O–H groups in total. The lowest BCUT2D eigenvalue weighted by molar-refractivity contribution is 0.425. The highest BCUT2D eigenvalue weighted by Crippen LogP contribution is 2.44. The molecule has 572 valence electrons. The fourth-order valence-electron chi connectivity index (χ4n) is 19.2. The molecule has 0 bridgehead atoms. The first-order valence-electron chi connectivity index (χ1n) is 40.4. The number of para-hydroxylation sites is 12. The van der Waals surface area contributed by atoms with Crippen LogP contribution in [-0.2, 0) is 0 Å². The van der Waals surface area contributed by atoms with Crippen LogP contribution in [0.2, 0.25) is 0 Å². The van der Waals surface area contributed by atoms with E-state index in [9.17, 15) is 10.0 Å². The number of halogens is 1. The first kappa shape index (κ1) is 71.2. The van der Waals surface area contributed by atoms with Gasteiger partial charge in [0.15, 0.2) is 0 Å². The van der Waals surface area contributed by atoms with Gasteiger partial charge in [0.2, 0.25) is 0 Å². The number of hydrogen-bond acceptors (Lipinski definition) is 4. The zero-order valence-electron chi connectivity index (χ0n) is 64.5. The third kappa shape index (κ3) is 11.3. The second kappa shape index (κ2) is 28.3. The summed E-state index contributed by atoms with van der Waals surface area (Å²) in [5.41, 5.74) is 26.3. The molecule has 18 aromatic carbocycles. The molecule has 8 heterocycles. The Morgan fingerprint density at radius 1 is 0.190 bits per heavy atom. The number of furan rings is 2. The van der Waals surface area contributed by atoms with E-state index in [0.717, 1.165) is 137 Å². The van der Waals surface area contributed by atoms with Crippen LogP contribution in [0.25, 0.3) is 220 Å². The van der Waals surface area contributed by atoms with Crippen LogP contribution in [0.3, 0.4) is 0 Å². The van der Waals surface area contributed by atoms with Crippen LogP contribution in [0.15, 0.2) is 414 Å². The third-order valence-electron chi connectivity index (χ3n) is 24.4. The molecule has 0 radical (unpaired) electrons. The van der Waals surface area contributed by atoms with Crippen molar-refractivity contribution in [2.75, 3.05) is 0 Å². The van der Waals surface area contributed by atoms with Gasteiger partial charge in [0, 0.05) is 125 Å². The van der Waals surface area contributed by atoms with Crippen LogP contribution in [-0.4, -0.2) is 44.6 Å². The molecular formula is C109H72BBrN6O4. The molecule has 121 heavy (non-hydrogen) atoms. The van der Waals surface area contributed by atoms with Crippen molar-refractivity contribution in [1.29, 1.82) is 0 Å². The second-order valence-electron chi connectivity index (χ2n) is 31.0. The quantitative estimate of drug-likeness (QED) is 0.148. The van der Waals surface area contributed by atoms with Crippen molar-refractivity contribution in [1.82, 2.24) is 27.4 Å². The number of rotatable bonds is 8. The van der Waals surface area contributed by atoms with Gasteiger partial charge in [0.25, 0.3) is 0 Å². The lowest BCUT2D eigenvalue weighted by Gasteiger charge is -2.16. The Balaban J connectivity index is 0.000000115. The molecule has 8 aromatic heterocycles. The standard InChI is InChI=1S/C54H33N3O.C30H21BN2O2.C24H14BrNO.CH4/c1-7-19-47-39(13-1)40-14-2-8-20-48(40)55(47)36-26-28-54-46(33-36)45-31-34(25-27-53(45)58-54)35-29-37(56-49-21-9-3-15-41(49)42-16-4-10-22-50(42)56)32-38(30-35)57-51-23-11-5-17-43(51)44-18-6-12-24-52(44)57;34-31(35)20-17-21(32-27-13-5-1-9-23(27)24-10-2-6-14-28(24)32)19-22(18-20)33-29-15-7-3-11-25(29)26-12-4-8-16-30(26)33;25-15-9-11-23-19(13-15)20-14-16(10-12-24(20)27-23)26-21-7-3-1-5-17(21)18-6-2-4-8-22(18)26;/h1-33H;1-19,34-35H;1-14H;1H4. The summed E-state index contributed by atoms with van der Waals surface area (Å²) in [6, 6.07) is 142. The molecule has 0 amide bonds. The summed E-state index contributed by atoms with van der Waals surface area (Å²) in [4.78, 5) is 0. The summed E-state index contributed by atoms with van der Waals surface area (Å²) in [7, 11) is -1.59. The lowest BCUT2D eigenvalue weighted by atomic mass is 9.80. The molecule has 0 aliphatic rings. The number of aromatic nitrogens is 6. The van der Waals surface area contributed by atoms with E-state index in [1.54, 1.807) is 0 Å². The van der Waals surface area contributed by atoms with E-state index < -0.39 is 7.12 Å². The number of fused-ring (bicyclic) bond motifs is 24. The molecule has 12 heteroatoms. The molecule has 0 aliphatic heterocycles. The minimum absolute atomic E-state index is 0. The maximum atomic E-state index is 10.3. The minimum atomic E-state index is -1.59. The Morgan fingerprint density at radius 2 is 0.405 bits per heavy atom. The summed E-state index contributed by atoms with van der Waals surface area (Å²) in [6.07, 6.45) is 0. The topological polar surface area (TPSA) is 96.3 Å². The smallest absolute Gasteiger partial charge is 0.456 e. The van der Waals surface area contributed by atoms with Gasteiger partial charge in [0.1, 0.15) is 22.3 Å². The van der Waals surface area contributed by atoms with E-state index in [4.69, 9.17) is 8.83 Å². The van der Waals surface area contributed by atoms with Crippen molar-refractivity contribution in [2.45, 2.75) is 7.43 Å². The summed E-state index contributed by atoms with van der Waals surface area (Å²) < 4.78 is 27.6. The van der Waals surface area contributed by atoms with Gasteiger partial charge in [-0.2, -0.15) is 0 Å². The number of hydrogen-bond donors (Lipinski definition) is 2. The molecule has 0 saturated heterocycles. The molecule has 0 atom stereocenters. The predicted octanol–water partition coefficient (Wildman–Crippen LogP) is 28.2. The Bertz CT molecular complexity index is 8140. The Labute approximate surface area is 702 Å². The monoisotopic (exact) mass is 1620 g/mol. The van der Waals surface area contributed by atoms with Crippen LogP contribution < -0.4 is 5.46 Å². The Morgan fingerprint density at radius 3 is 0.669 bits per heavy atom. The molecule has 26 aromatic rings.